The minimum absolute atomic E-state index is 0.0648. The van der Waals surface area contributed by atoms with E-state index in [9.17, 15) is 4.79 Å². The van der Waals surface area contributed by atoms with E-state index in [1.165, 1.54) is 0 Å². The van der Waals surface area contributed by atoms with Gasteiger partial charge in [0.25, 0.3) is 0 Å². The van der Waals surface area contributed by atoms with E-state index >= 15 is 0 Å². The van der Waals surface area contributed by atoms with E-state index in [-0.39, 0.29) is 17.6 Å². The Balaban J connectivity index is 1.45. The molecule has 0 aromatic carbocycles. The van der Waals surface area contributed by atoms with Crippen LogP contribution in [-0.2, 0) is 9.53 Å². The molecule has 3 atom stereocenters. The second-order valence-corrected chi connectivity index (χ2v) is 7.42. The number of piperidine rings is 1. The smallest absolute Gasteiger partial charge is 0.225 e. The Morgan fingerprint density at radius 2 is 1.83 bits per heavy atom. The molecule has 3 heteroatoms. The Bertz CT molecular complexity index is 359. The van der Waals surface area contributed by atoms with Crippen LogP contribution in [0.4, 0.5) is 0 Å². The Morgan fingerprint density at radius 3 is 2.33 bits per heavy atom. The summed E-state index contributed by atoms with van der Waals surface area (Å²) in [6, 6.07) is 0. The highest BCUT2D eigenvalue weighted by molar-refractivity contribution is 5.77. The summed E-state index contributed by atoms with van der Waals surface area (Å²) in [4.78, 5) is 14.2. The van der Waals surface area contributed by atoms with Gasteiger partial charge in [-0.25, -0.2) is 0 Å². The van der Waals surface area contributed by atoms with Gasteiger partial charge in [0.15, 0.2) is 0 Å². The van der Waals surface area contributed by atoms with E-state index in [1.807, 2.05) is 6.92 Å². The lowest BCUT2D eigenvalue weighted by Crippen LogP contribution is -2.35. The number of carbonyl (C=O) groups is 1. The van der Waals surface area contributed by atoms with Crippen LogP contribution >= 0.6 is 0 Å². The molecule has 2 saturated carbocycles. The number of fused-ring (bicyclic) bond motifs is 1. The van der Waals surface area contributed by atoms with Crippen molar-refractivity contribution in [2.24, 2.45) is 17.3 Å². The largest absolute Gasteiger partial charge is 0.372 e. The second kappa shape index (κ2) is 3.72. The fourth-order valence-electron chi connectivity index (χ4n) is 3.53. The summed E-state index contributed by atoms with van der Waals surface area (Å²) in [5, 5.41) is 0. The molecule has 0 aromatic rings. The summed E-state index contributed by atoms with van der Waals surface area (Å²) in [7, 11) is 0. The molecular formula is C15H25NO2. The third kappa shape index (κ3) is 2.07. The second-order valence-electron chi connectivity index (χ2n) is 7.42. The summed E-state index contributed by atoms with van der Waals surface area (Å²) >= 11 is 0. The number of carbonyl (C=O) groups excluding carboxylic acids is 1. The van der Waals surface area contributed by atoms with Gasteiger partial charge in [0.1, 0.15) is 0 Å². The van der Waals surface area contributed by atoms with Crippen LogP contribution in [-0.4, -0.2) is 35.6 Å². The Hall–Kier alpha value is -0.570. The summed E-state index contributed by atoms with van der Waals surface area (Å²) in [5.74, 6) is 1.78. The summed E-state index contributed by atoms with van der Waals surface area (Å²) in [5.41, 5.74) is 0.565. The zero-order chi connectivity index (χ0) is 13.1. The lowest BCUT2D eigenvalue weighted by molar-refractivity contribution is -0.135. The number of likely N-dealkylation sites (tertiary alicyclic amines) is 1. The van der Waals surface area contributed by atoms with Crippen LogP contribution in [0.25, 0.3) is 0 Å². The lowest BCUT2D eigenvalue weighted by atomic mass is 10.1. The first-order valence-corrected chi connectivity index (χ1v) is 7.27. The maximum atomic E-state index is 12.2. The molecule has 3 aliphatic rings. The molecule has 1 aliphatic heterocycles. The lowest BCUT2D eigenvalue weighted by Gasteiger charge is -2.25. The van der Waals surface area contributed by atoms with Crippen molar-refractivity contribution < 1.29 is 9.53 Å². The van der Waals surface area contributed by atoms with Crippen molar-refractivity contribution in [1.82, 2.24) is 4.90 Å². The van der Waals surface area contributed by atoms with Gasteiger partial charge in [0.05, 0.1) is 18.1 Å². The highest BCUT2D eigenvalue weighted by atomic mass is 16.5. The molecule has 18 heavy (non-hydrogen) atoms. The molecule has 1 unspecified atom stereocenters. The molecule has 0 radical (unpaired) electrons. The number of hydrogen-bond donors (Lipinski definition) is 0. The van der Waals surface area contributed by atoms with Gasteiger partial charge in [-0.1, -0.05) is 13.8 Å². The van der Waals surface area contributed by atoms with Crippen molar-refractivity contribution in [2.75, 3.05) is 13.1 Å². The van der Waals surface area contributed by atoms with Gasteiger partial charge in [0.2, 0.25) is 5.91 Å². The number of nitrogens with zero attached hydrogens (tertiary/aromatic N) is 1. The molecule has 0 N–H and O–H groups in total. The van der Waals surface area contributed by atoms with Crippen molar-refractivity contribution in [2.45, 2.75) is 58.7 Å². The topological polar surface area (TPSA) is 29.5 Å². The van der Waals surface area contributed by atoms with E-state index in [0.29, 0.717) is 11.8 Å². The maximum Gasteiger partial charge on any atom is 0.225 e. The van der Waals surface area contributed by atoms with Crippen LogP contribution in [0.3, 0.4) is 0 Å². The molecule has 3 fully saturated rings. The molecule has 2 aliphatic carbocycles. The molecule has 3 rings (SSSR count). The van der Waals surface area contributed by atoms with E-state index in [4.69, 9.17) is 4.74 Å². The highest BCUT2D eigenvalue weighted by Crippen LogP contribution is 2.62. The average Bonchev–Trinajstić information content (AvgIpc) is 2.99. The van der Waals surface area contributed by atoms with Crippen LogP contribution in [0.2, 0.25) is 0 Å². The molecule has 1 saturated heterocycles. The maximum absolute atomic E-state index is 12.2. The van der Waals surface area contributed by atoms with Gasteiger partial charge < -0.3 is 9.64 Å². The zero-order valence-corrected chi connectivity index (χ0v) is 12.0. The van der Waals surface area contributed by atoms with E-state index < -0.39 is 0 Å². The SMILES string of the molecule is C[C@H](CC(=O)N1CC2[C@@H](C1)C2(C)C)OC1(C)CC1. The van der Waals surface area contributed by atoms with Crippen LogP contribution in [0.5, 0.6) is 0 Å². The monoisotopic (exact) mass is 251 g/mol. The number of rotatable bonds is 4. The summed E-state index contributed by atoms with van der Waals surface area (Å²) in [6.07, 6.45) is 2.91. The molecule has 0 aromatic heterocycles. The van der Waals surface area contributed by atoms with Gasteiger partial charge in [-0.15, -0.1) is 0 Å². The van der Waals surface area contributed by atoms with E-state index in [0.717, 1.165) is 37.8 Å². The van der Waals surface area contributed by atoms with Crippen molar-refractivity contribution in [3.63, 3.8) is 0 Å². The van der Waals surface area contributed by atoms with Crippen LogP contribution in [0.1, 0.15) is 47.0 Å². The zero-order valence-electron chi connectivity index (χ0n) is 12.0. The highest BCUT2D eigenvalue weighted by Gasteiger charge is 2.62. The minimum atomic E-state index is 0.0648. The first-order chi connectivity index (χ1) is 8.32. The number of hydrogen-bond acceptors (Lipinski definition) is 2. The van der Waals surface area contributed by atoms with Crippen LogP contribution < -0.4 is 0 Å². The van der Waals surface area contributed by atoms with Crippen molar-refractivity contribution in [3.05, 3.63) is 0 Å². The molecule has 3 nitrogen and oxygen atoms in total. The minimum Gasteiger partial charge on any atom is -0.372 e. The van der Waals surface area contributed by atoms with Gasteiger partial charge in [-0.05, 0) is 43.9 Å². The summed E-state index contributed by atoms with van der Waals surface area (Å²) < 4.78 is 5.91. The van der Waals surface area contributed by atoms with Gasteiger partial charge in [0, 0.05) is 13.1 Å². The normalized spacial score (nSPS) is 36.1. The van der Waals surface area contributed by atoms with E-state index in [2.05, 4.69) is 25.7 Å². The van der Waals surface area contributed by atoms with Crippen LogP contribution in [0, 0.1) is 17.3 Å². The first-order valence-electron chi connectivity index (χ1n) is 7.27. The first kappa shape index (κ1) is 12.5. The molecule has 1 amide bonds. The molecule has 1 heterocycles. The third-order valence-electron chi connectivity index (χ3n) is 5.38. The van der Waals surface area contributed by atoms with Crippen LogP contribution in [0.15, 0.2) is 0 Å². The molecule has 102 valence electrons. The van der Waals surface area contributed by atoms with Gasteiger partial charge in [-0.3, -0.25) is 4.79 Å². The Morgan fingerprint density at radius 1 is 1.28 bits per heavy atom. The summed E-state index contributed by atoms with van der Waals surface area (Å²) in [6.45, 7) is 10.8. The van der Waals surface area contributed by atoms with Gasteiger partial charge in [-0.2, -0.15) is 0 Å². The van der Waals surface area contributed by atoms with E-state index in [1.54, 1.807) is 0 Å². The predicted molar refractivity (Wildman–Crippen MR) is 70.1 cm³/mol. The average molecular weight is 251 g/mol. The van der Waals surface area contributed by atoms with Gasteiger partial charge >= 0.3 is 0 Å². The fourth-order valence-corrected chi connectivity index (χ4v) is 3.53. The van der Waals surface area contributed by atoms with Crippen molar-refractivity contribution in [1.29, 1.82) is 0 Å². The number of amides is 1. The third-order valence-corrected chi connectivity index (χ3v) is 5.38. The Labute approximate surface area is 110 Å². The number of ether oxygens (including phenoxy) is 1. The molecular weight excluding hydrogens is 226 g/mol. The van der Waals surface area contributed by atoms with Crippen molar-refractivity contribution >= 4 is 5.91 Å². The standard InChI is InChI=1S/C15H25NO2/c1-10(18-15(4)5-6-15)7-13(17)16-8-11-12(9-16)14(11,2)3/h10-12H,5-9H2,1-4H3/t10-,11-,12?/m1/s1. The Kier molecular flexibility index (Phi) is 2.58. The van der Waals surface area contributed by atoms with Crippen molar-refractivity contribution in [3.8, 4) is 0 Å². The fraction of sp³-hybridized carbons (Fsp3) is 0.933. The quantitative estimate of drug-likeness (QED) is 0.768. The molecule has 0 spiro atoms. The molecule has 0 bridgehead atoms. The predicted octanol–water partition coefficient (Wildman–Crippen LogP) is 2.45.